The van der Waals surface area contributed by atoms with Crippen molar-refractivity contribution < 1.29 is 24.4 Å². The van der Waals surface area contributed by atoms with Gasteiger partial charge in [0.25, 0.3) is 0 Å². The Hall–Kier alpha value is -4.00. The number of fused-ring (bicyclic) bond motifs is 1. The van der Waals surface area contributed by atoms with Crippen molar-refractivity contribution in [2.24, 2.45) is 10.2 Å². The minimum Gasteiger partial charge on any atom is -0.508 e. The van der Waals surface area contributed by atoms with Crippen molar-refractivity contribution in [3.8, 4) is 28.7 Å². The highest BCUT2D eigenvalue weighted by atomic mass is 16.5. The third-order valence-corrected chi connectivity index (χ3v) is 4.97. The maximum atomic E-state index is 10.6. The zero-order chi connectivity index (χ0) is 21.8. The van der Waals surface area contributed by atoms with Gasteiger partial charge in [0.05, 0.1) is 31.7 Å². The van der Waals surface area contributed by atoms with E-state index >= 15 is 0 Å². The molecule has 0 saturated heterocycles. The van der Waals surface area contributed by atoms with E-state index in [0.717, 1.165) is 16.9 Å². The molecule has 0 unspecified atom stereocenters. The molecule has 3 aromatic rings. The molecule has 4 rings (SSSR count). The molecule has 0 aliphatic carbocycles. The topological polar surface area (TPSA) is 92.9 Å². The molecule has 0 bridgehead atoms. The Bertz CT molecular complexity index is 1140. The second kappa shape index (κ2) is 8.79. The molecule has 158 valence electrons. The van der Waals surface area contributed by atoms with Gasteiger partial charge in [-0.05, 0) is 35.4 Å². The van der Waals surface area contributed by atoms with Gasteiger partial charge in [-0.15, -0.1) is 0 Å². The normalized spacial score (nSPS) is 16.7. The summed E-state index contributed by atoms with van der Waals surface area (Å²) in [6.45, 7) is 0. The number of benzene rings is 3. The third kappa shape index (κ3) is 4.45. The molecule has 1 atom stereocenters. The Morgan fingerprint density at radius 3 is 2.48 bits per heavy atom. The molecule has 0 radical (unpaired) electrons. The van der Waals surface area contributed by atoms with Crippen molar-refractivity contribution in [1.29, 1.82) is 0 Å². The maximum Gasteiger partial charge on any atom is 0.136 e. The first-order valence-corrected chi connectivity index (χ1v) is 9.68. The first kappa shape index (κ1) is 20.3. The molecular weight excluding hydrogens is 396 g/mol. The fraction of sp³-hybridized carbons (Fsp3) is 0.167. The lowest BCUT2D eigenvalue weighted by atomic mass is 9.94. The number of rotatable bonds is 5. The third-order valence-electron chi connectivity index (χ3n) is 4.97. The summed E-state index contributed by atoms with van der Waals surface area (Å²) in [5.74, 6) is 1.84. The number of phenols is 2. The SMILES string of the molecule is COc1cccc(/C=N/N=C2\C[C@@H](c3ccc(O)cc3)Oc3cc(OC)cc(O)c32)c1. The molecule has 1 aliphatic rings. The molecule has 2 N–H and O–H groups in total. The molecule has 1 aliphatic heterocycles. The fourth-order valence-electron chi connectivity index (χ4n) is 3.40. The van der Waals surface area contributed by atoms with Crippen molar-refractivity contribution in [3.05, 3.63) is 77.4 Å². The van der Waals surface area contributed by atoms with Crippen LogP contribution in [-0.2, 0) is 0 Å². The van der Waals surface area contributed by atoms with Crippen LogP contribution in [0.2, 0.25) is 0 Å². The van der Waals surface area contributed by atoms with Crippen molar-refractivity contribution in [2.45, 2.75) is 12.5 Å². The first-order chi connectivity index (χ1) is 15.1. The lowest BCUT2D eigenvalue weighted by molar-refractivity contribution is 0.204. The van der Waals surface area contributed by atoms with Gasteiger partial charge in [-0.2, -0.15) is 10.2 Å². The van der Waals surface area contributed by atoms with Crippen LogP contribution >= 0.6 is 0 Å². The average molecular weight is 418 g/mol. The van der Waals surface area contributed by atoms with Crippen molar-refractivity contribution in [3.63, 3.8) is 0 Å². The Balaban J connectivity index is 1.71. The molecule has 0 aromatic heterocycles. The average Bonchev–Trinajstić information content (AvgIpc) is 2.79. The molecule has 1 heterocycles. The summed E-state index contributed by atoms with van der Waals surface area (Å²) >= 11 is 0. The number of methoxy groups -OCH3 is 2. The van der Waals surface area contributed by atoms with Crippen molar-refractivity contribution >= 4 is 11.9 Å². The Kier molecular flexibility index (Phi) is 5.75. The van der Waals surface area contributed by atoms with Crippen LogP contribution in [0.3, 0.4) is 0 Å². The van der Waals surface area contributed by atoms with Gasteiger partial charge in [-0.25, -0.2) is 0 Å². The van der Waals surface area contributed by atoms with E-state index in [2.05, 4.69) is 10.2 Å². The number of nitrogens with zero attached hydrogens (tertiary/aromatic N) is 2. The van der Waals surface area contributed by atoms with E-state index in [0.29, 0.717) is 29.2 Å². The zero-order valence-electron chi connectivity index (χ0n) is 17.1. The molecule has 0 fully saturated rings. The quantitative estimate of drug-likeness (QED) is 0.471. The highest BCUT2D eigenvalue weighted by molar-refractivity contribution is 6.06. The largest absolute Gasteiger partial charge is 0.508 e. The summed E-state index contributed by atoms with van der Waals surface area (Å²) in [7, 11) is 3.13. The summed E-state index contributed by atoms with van der Waals surface area (Å²) < 4.78 is 16.6. The van der Waals surface area contributed by atoms with Gasteiger partial charge in [-0.3, -0.25) is 0 Å². The molecule has 7 nitrogen and oxygen atoms in total. The second-order valence-corrected chi connectivity index (χ2v) is 6.99. The summed E-state index contributed by atoms with van der Waals surface area (Å²) in [5, 5.41) is 28.8. The summed E-state index contributed by atoms with van der Waals surface area (Å²) in [5.41, 5.74) is 2.78. The van der Waals surface area contributed by atoms with E-state index in [4.69, 9.17) is 14.2 Å². The van der Waals surface area contributed by atoms with Crippen LogP contribution in [0, 0.1) is 0 Å². The van der Waals surface area contributed by atoms with Gasteiger partial charge >= 0.3 is 0 Å². The van der Waals surface area contributed by atoms with Gasteiger partial charge in [0.2, 0.25) is 0 Å². The molecular formula is C24H22N2O5. The molecule has 0 saturated carbocycles. The van der Waals surface area contributed by atoms with Crippen LogP contribution in [0.4, 0.5) is 0 Å². The Morgan fingerprint density at radius 2 is 1.74 bits per heavy atom. The van der Waals surface area contributed by atoms with Gasteiger partial charge in [0.1, 0.15) is 34.9 Å². The van der Waals surface area contributed by atoms with E-state index in [1.165, 1.54) is 13.2 Å². The number of phenolic OH excluding ortho intramolecular Hbond substituents is 2. The zero-order valence-corrected chi connectivity index (χ0v) is 17.1. The Morgan fingerprint density at radius 1 is 0.968 bits per heavy atom. The minimum atomic E-state index is -0.356. The van der Waals surface area contributed by atoms with Gasteiger partial charge in [0, 0.05) is 18.6 Å². The summed E-state index contributed by atoms with van der Waals surface area (Å²) in [4.78, 5) is 0. The van der Waals surface area contributed by atoms with E-state index in [1.54, 1.807) is 43.7 Å². The number of hydrogen-bond donors (Lipinski definition) is 2. The van der Waals surface area contributed by atoms with Crippen LogP contribution in [0.25, 0.3) is 0 Å². The summed E-state index contributed by atoms with van der Waals surface area (Å²) in [6, 6.07) is 17.5. The predicted molar refractivity (Wildman–Crippen MR) is 118 cm³/mol. The maximum absolute atomic E-state index is 10.6. The van der Waals surface area contributed by atoms with Gasteiger partial charge in [0.15, 0.2) is 0 Å². The summed E-state index contributed by atoms with van der Waals surface area (Å²) in [6.07, 6.45) is 1.67. The predicted octanol–water partition coefficient (Wildman–Crippen LogP) is 4.46. The fourth-order valence-corrected chi connectivity index (χ4v) is 3.40. The minimum absolute atomic E-state index is 0.00818. The molecule has 31 heavy (non-hydrogen) atoms. The smallest absolute Gasteiger partial charge is 0.136 e. The van der Waals surface area contributed by atoms with Crippen LogP contribution in [-0.4, -0.2) is 36.4 Å². The lowest BCUT2D eigenvalue weighted by Crippen LogP contribution is -2.21. The molecule has 0 amide bonds. The van der Waals surface area contributed by atoms with E-state index in [-0.39, 0.29) is 17.6 Å². The standard InChI is InChI=1S/C24H22N2O5/c1-29-18-5-3-4-15(10-18)14-25-26-20-13-22(16-6-8-17(27)9-7-16)31-23-12-19(30-2)11-21(28)24(20)23/h3-12,14,22,27-28H,13H2,1-2H3/b25-14+,26-20+/t22-/m0/s1. The van der Waals surface area contributed by atoms with E-state index in [1.807, 2.05) is 24.3 Å². The lowest BCUT2D eigenvalue weighted by Gasteiger charge is -2.28. The van der Waals surface area contributed by atoms with Crippen LogP contribution in [0.15, 0.2) is 70.9 Å². The molecule has 7 heteroatoms. The number of ether oxygens (including phenoxy) is 3. The molecule has 3 aromatic carbocycles. The van der Waals surface area contributed by atoms with Gasteiger partial charge in [-0.1, -0.05) is 24.3 Å². The van der Waals surface area contributed by atoms with Crippen molar-refractivity contribution in [1.82, 2.24) is 0 Å². The van der Waals surface area contributed by atoms with E-state index in [9.17, 15) is 10.2 Å². The van der Waals surface area contributed by atoms with Crippen LogP contribution < -0.4 is 14.2 Å². The first-order valence-electron chi connectivity index (χ1n) is 9.68. The van der Waals surface area contributed by atoms with Crippen molar-refractivity contribution in [2.75, 3.05) is 14.2 Å². The Labute approximate surface area is 179 Å². The van der Waals surface area contributed by atoms with Crippen LogP contribution in [0.1, 0.15) is 29.2 Å². The number of aromatic hydroxyl groups is 2. The second-order valence-electron chi connectivity index (χ2n) is 6.99. The number of hydrogen-bond acceptors (Lipinski definition) is 7. The van der Waals surface area contributed by atoms with Gasteiger partial charge < -0.3 is 24.4 Å². The van der Waals surface area contributed by atoms with E-state index < -0.39 is 0 Å². The highest BCUT2D eigenvalue weighted by Gasteiger charge is 2.29. The molecule has 0 spiro atoms. The highest BCUT2D eigenvalue weighted by Crippen LogP contribution is 2.42. The van der Waals surface area contributed by atoms with Crippen LogP contribution in [0.5, 0.6) is 28.7 Å². The monoisotopic (exact) mass is 418 g/mol.